The number of piperidine rings is 1. The number of hydrogen-bond acceptors (Lipinski definition) is 12. The summed E-state index contributed by atoms with van der Waals surface area (Å²) in [7, 11) is 1.57. The summed E-state index contributed by atoms with van der Waals surface area (Å²) < 4.78 is 18.1. The lowest BCUT2D eigenvalue weighted by atomic mass is 9.78. The van der Waals surface area contributed by atoms with Crippen molar-refractivity contribution in [1.29, 1.82) is 0 Å². The summed E-state index contributed by atoms with van der Waals surface area (Å²) in [5, 5.41) is 55.5. The minimum absolute atomic E-state index is 0.0308. The molecule has 1 amide bonds. The second-order valence-corrected chi connectivity index (χ2v) is 19.3. The number of ether oxygens (including phenoxy) is 3. The van der Waals surface area contributed by atoms with Gasteiger partial charge in [-0.25, -0.2) is 4.79 Å². The predicted octanol–water partition coefficient (Wildman–Crippen LogP) is 5.69. The Morgan fingerprint density at radius 3 is 2.31 bits per heavy atom. The summed E-state index contributed by atoms with van der Waals surface area (Å²) in [4.78, 5) is 57.2. The van der Waals surface area contributed by atoms with Crippen LogP contribution in [0, 0.1) is 35.5 Å². The third-order valence-corrected chi connectivity index (χ3v) is 14.1. The number of methoxy groups -OCH3 is 1. The maximum atomic E-state index is 14.3. The molecule has 1 saturated carbocycles. The number of nitrogens with zero attached hydrogens (tertiary/aromatic N) is 1. The third kappa shape index (κ3) is 14.2. The van der Waals surface area contributed by atoms with Gasteiger partial charge in [0.25, 0.3) is 0 Å². The van der Waals surface area contributed by atoms with Crippen molar-refractivity contribution in [3.05, 3.63) is 47.6 Å². The molecule has 2 bridgehead atoms. The first kappa shape index (κ1) is 51.6. The van der Waals surface area contributed by atoms with Crippen molar-refractivity contribution in [3.8, 4) is 0 Å². The number of amides is 1. The summed E-state index contributed by atoms with van der Waals surface area (Å²) in [5.74, 6) is -5.54. The molecule has 3 aliphatic heterocycles. The van der Waals surface area contributed by atoms with Crippen LogP contribution in [0.3, 0.4) is 0 Å². The number of carbonyl (C=O) groups excluding carboxylic acids is 4. The highest BCUT2D eigenvalue weighted by atomic mass is 16.6. The third-order valence-electron chi connectivity index (χ3n) is 14.1. The van der Waals surface area contributed by atoms with Gasteiger partial charge in [0.15, 0.2) is 11.6 Å². The molecular weight excluding hydrogens is 795 g/mol. The fourth-order valence-corrected chi connectivity index (χ4v) is 9.72. The molecule has 0 aromatic heterocycles. The minimum Gasteiger partial charge on any atom is -0.460 e. The molecule has 0 spiro atoms. The van der Waals surface area contributed by atoms with Gasteiger partial charge in [-0.1, -0.05) is 71.1 Å². The Morgan fingerprint density at radius 2 is 1.60 bits per heavy atom. The van der Waals surface area contributed by atoms with Crippen molar-refractivity contribution in [2.45, 2.75) is 186 Å². The zero-order chi connectivity index (χ0) is 45.9. The van der Waals surface area contributed by atoms with Crippen molar-refractivity contribution in [2.75, 3.05) is 13.7 Å². The quantitative estimate of drug-likeness (QED) is 0.171. The van der Waals surface area contributed by atoms with E-state index in [0.717, 1.165) is 6.42 Å². The molecule has 0 radical (unpaired) electrons. The molecule has 5 N–H and O–H groups in total. The number of esters is 1. The van der Waals surface area contributed by atoms with Gasteiger partial charge in [0.2, 0.25) is 5.91 Å². The number of Topliss-reactive ketones (excluding diaryl/α,β-unsaturated/α-hetero) is 2. The molecule has 350 valence electrons. The fraction of sp³-hybridized carbons (Fsp3) is 0.755. The molecule has 1 aliphatic carbocycles. The van der Waals surface area contributed by atoms with Gasteiger partial charge in [0.1, 0.15) is 30.1 Å². The first-order chi connectivity index (χ1) is 29.2. The van der Waals surface area contributed by atoms with E-state index in [1.54, 1.807) is 46.1 Å². The molecule has 3 fully saturated rings. The summed E-state index contributed by atoms with van der Waals surface area (Å²) in [6.07, 6.45) is 9.90. The number of aliphatic hydroxyl groups excluding tert-OH is 4. The molecule has 62 heavy (non-hydrogen) atoms. The summed E-state index contributed by atoms with van der Waals surface area (Å²) in [6.45, 7) is 12.8. The number of rotatable bonds is 4. The van der Waals surface area contributed by atoms with Crippen LogP contribution in [0.5, 0.6) is 0 Å². The molecule has 13 nitrogen and oxygen atoms in total. The Hall–Kier alpha value is -3.04. The number of aliphatic hydroxyl groups is 5. The van der Waals surface area contributed by atoms with Gasteiger partial charge < -0.3 is 44.6 Å². The smallest absolute Gasteiger partial charge is 0.329 e. The molecule has 15 atom stereocenters. The average molecular weight is 872 g/mol. The zero-order valence-corrected chi connectivity index (χ0v) is 38.5. The van der Waals surface area contributed by atoms with Gasteiger partial charge in [-0.15, -0.1) is 0 Å². The van der Waals surface area contributed by atoms with E-state index >= 15 is 0 Å². The molecular formula is C49H77NO12. The van der Waals surface area contributed by atoms with E-state index < -0.39 is 77.9 Å². The van der Waals surface area contributed by atoms with Crippen LogP contribution in [-0.2, 0) is 33.4 Å². The number of cyclic esters (lactones) is 1. The van der Waals surface area contributed by atoms with Crippen LogP contribution in [0.25, 0.3) is 0 Å². The van der Waals surface area contributed by atoms with Crippen LogP contribution in [0.15, 0.2) is 47.6 Å². The Balaban J connectivity index is 1.65. The maximum absolute atomic E-state index is 14.3. The Morgan fingerprint density at radius 1 is 0.871 bits per heavy atom. The molecule has 13 heteroatoms. The van der Waals surface area contributed by atoms with Crippen molar-refractivity contribution in [1.82, 2.24) is 4.90 Å². The molecule has 4 rings (SSSR count). The topological polar surface area (TPSA) is 200 Å². The zero-order valence-electron chi connectivity index (χ0n) is 38.5. The molecule has 3 heterocycles. The maximum Gasteiger partial charge on any atom is 0.329 e. The van der Waals surface area contributed by atoms with Crippen LogP contribution in [0.2, 0.25) is 0 Å². The van der Waals surface area contributed by atoms with Gasteiger partial charge in [-0.2, -0.15) is 0 Å². The lowest BCUT2D eigenvalue weighted by Gasteiger charge is -2.44. The van der Waals surface area contributed by atoms with E-state index in [1.807, 2.05) is 45.9 Å². The van der Waals surface area contributed by atoms with E-state index in [1.165, 1.54) is 4.90 Å². The van der Waals surface area contributed by atoms with E-state index in [-0.39, 0.29) is 66.9 Å². The molecule has 0 unspecified atom stereocenters. The van der Waals surface area contributed by atoms with Crippen molar-refractivity contribution in [3.63, 3.8) is 0 Å². The summed E-state index contributed by atoms with van der Waals surface area (Å²) in [6, 6.07) is -0.935. The van der Waals surface area contributed by atoms with Crippen LogP contribution in [-0.4, -0.2) is 122 Å². The fourth-order valence-electron chi connectivity index (χ4n) is 9.72. The predicted molar refractivity (Wildman–Crippen MR) is 235 cm³/mol. The first-order valence-electron chi connectivity index (χ1n) is 23.2. The first-order valence-corrected chi connectivity index (χ1v) is 23.2. The van der Waals surface area contributed by atoms with Crippen LogP contribution < -0.4 is 0 Å². The van der Waals surface area contributed by atoms with Gasteiger partial charge >= 0.3 is 5.97 Å². The number of ketones is 2. The summed E-state index contributed by atoms with van der Waals surface area (Å²) >= 11 is 0. The monoisotopic (exact) mass is 872 g/mol. The standard InChI is InChI=1S/C49H77NO12/c1-29-14-10-9-11-15-30(2)40(52)26-37-19-17-35(7)49(59,62-37)28-44(54)50-21-13-12-16-38(50)48(58)61-42(32(4)24-36-18-20-39(51)43(25-36)60-8)27-41(53)31(3)23-34(6)46(56)47(57)45(55)33(5)22-29/h9-11,14-15,23,29,31-33,35-40,42-43,46-47,51-52,56-57,59H,12-13,16-22,24-28H2,1-8H3/b11-9+,14-10+,30-15+,34-23+/t29-,31-,32-,33-,35-,36-,37+,38+,39+,40+,42+,43+,46-,47+,49+/m1/s1. The second kappa shape index (κ2) is 23.8. The Labute approximate surface area is 369 Å². The van der Waals surface area contributed by atoms with Gasteiger partial charge in [0, 0.05) is 44.2 Å². The second-order valence-electron chi connectivity index (χ2n) is 19.3. The van der Waals surface area contributed by atoms with Crippen molar-refractivity contribution < 1.29 is 58.9 Å². The molecule has 0 aromatic carbocycles. The number of allylic oxidation sites excluding steroid dienone is 6. The number of carbonyl (C=O) groups is 4. The highest BCUT2D eigenvalue weighted by molar-refractivity contribution is 5.87. The van der Waals surface area contributed by atoms with E-state index in [0.29, 0.717) is 63.4 Å². The Bertz CT molecular complexity index is 1640. The van der Waals surface area contributed by atoms with Gasteiger partial charge in [-0.3, -0.25) is 14.4 Å². The summed E-state index contributed by atoms with van der Waals surface area (Å²) in [5.41, 5.74) is 0.961. The SMILES string of the molecule is CO[C@H]1C[C@@H](C[C@@H](C)[C@@H]2CC(=O)[C@H](C)/C=C(\C)[C@@H](O)[C@@H](O)C(=O)[C@H](C)C[C@H](C)/C=C/C=C/C=C(\C)[C@@H](O)C[C@@H]3CC[C@@H](C)[C@](O)(CC(=O)N4CCCC[C@H]4C(=O)O2)O3)CC[C@@H]1O. The van der Waals surface area contributed by atoms with E-state index in [2.05, 4.69) is 0 Å². The largest absolute Gasteiger partial charge is 0.460 e. The lowest BCUT2D eigenvalue weighted by molar-refractivity contribution is -0.283. The van der Waals surface area contributed by atoms with Crippen LogP contribution >= 0.6 is 0 Å². The minimum atomic E-state index is -1.81. The number of hydrogen-bond donors (Lipinski definition) is 5. The van der Waals surface area contributed by atoms with Crippen molar-refractivity contribution >= 4 is 23.4 Å². The molecule has 0 aromatic rings. The number of fused-ring (bicyclic) bond motifs is 3. The molecule has 2 saturated heterocycles. The highest BCUT2D eigenvalue weighted by Gasteiger charge is 2.46. The van der Waals surface area contributed by atoms with E-state index in [9.17, 15) is 44.7 Å². The van der Waals surface area contributed by atoms with Crippen LogP contribution in [0.1, 0.15) is 132 Å². The normalized spacial score (nSPS) is 41.8. The van der Waals surface area contributed by atoms with Gasteiger partial charge in [-0.05, 0) is 107 Å². The highest BCUT2D eigenvalue weighted by Crippen LogP contribution is 2.38. The van der Waals surface area contributed by atoms with Crippen LogP contribution in [0.4, 0.5) is 0 Å². The van der Waals surface area contributed by atoms with Gasteiger partial charge in [0.05, 0.1) is 30.8 Å². The molecule has 4 aliphatic rings. The average Bonchev–Trinajstić information content (AvgIpc) is 3.23. The Kier molecular flexibility index (Phi) is 19.8. The van der Waals surface area contributed by atoms with E-state index in [4.69, 9.17) is 14.2 Å². The lowest BCUT2D eigenvalue weighted by Crippen LogP contribution is -2.54. The van der Waals surface area contributed by atoms with Crippen molar-refractivity contribution in [2.24, 2.45) is 35.5 Å².